The summed E-state index contributed by atoms with van der Waals surface area (Å²) < 4.78 is 95.4. The van der Waals surface area contributed by atoms with Crippen molar-refractivity contribution in [3.8, 4) is 12.1 Å². The van der Waals surface area contributed by atoms with Crippen LogP contribution in [-0.4, -0.2) is 109 Å². The average molecular weight is 938 g/mol. The lowest BCUT2D eigenvalue weighted by Crippen LogP contribution is -2.44. The van der Waals surface area contributed by atoms with E-state index in [0.29, 0.717) is 5.56 Å². The zero-order valence-corrected chi connectivity index (χ0v) is 35.6. The lowest BCUT2D eigenvalue weighted by molar-refractivity contribution is -0.0600. The number of hydrogen-bond acceptors (Lipinski definition) is 19. The van der Waals surface area contributed by atoms with Crippen molar-refractivity contribution < 1.29 is 59.9 Å². The Balaban J connectivity index is 1.34. The molecular weight excluding hydrogens is 898 g/mol. The first-order valence-electron chi connectivity index (χ1n) is 18.8. The fraction of sp³-hybridized carbons (Fsp3) is 0.444. The molecule has 27 heteroatoms. The number of phosphoric acid groups is 1. The number of anilines is 1. The van der Waals surface area contributed by atoms with E-state index in [9.17, 15) is 29.3 Å². The van der Waals surface area contributed by atoms with Crippen LogP contribution in [0.5, 0.6) is 0 Å². The number of phosphoric ester groups is 1. The lowest BCUT2D eigenvalue weighted by Gasteiger charge is -2.32. The van der Waals surface area contributed by atoms with Crippen LogP contribution in [0.4, 0.5) is 14.6 Å². The Morgan fingerprint density at radius 2 is 1.79 bits per heavy atom. The third kappa shape index (κ3) is 10.9. The smallest absolute Gasteiger partial charge is 0.394 e. The summed E-state index contributed by atoms with van der Waals surface area (Å²) in [5, 5.41) is 31.0. The molecule has 336 valence electrons. The number of amides is 1. The normalized spacial score (nSPS) is 26.3. The van der Waals surface area contributed by atoms with Gasteiger partial charge >= 0.3 is 20.2 Å². The molecule has 3 N–H and O–H groups in total. The topological polar surface area (TPSA) is 286 Å². The van der Waals surface area contributed by atoms with Gasteiger partial charge in [0.05, 0.1) is 64.3 Å². The first-order valence-corrected chi connectivity index (χ1v) is 22.8. The standard InChI is InChI=1S/C36H39F2N9O13P2S/c1-3-15-53-61(52,54-16-7-12-39)59-28-23(57-33(26(28)37)47-21-43-27-30(41-20-42-31(27)47)45-32(50)22-9-5-4-6-10-22)19-56-62(63,55-17-8-13-40)60-29-34(58-24(18-48)36(29,2)38)46-14-11-25(49)44-35(46)51/h3-6,9-11,14,20-21,23-24,26,28-29,33-34,48H,1,7-8,15-19H2,2H3,(H,44,49,51)(H,41,42,45,50)/t23-,24-,26?,28?,29?,33-,34-,36-,61?,62?/m1/s1. The Bertz CT molecular complexity index is 2570. The molecule has 1 aromatic carbocycles. The zero-order chi connectivity index (χ0) is 45.4. The molecule has 0 aliphatic carbocycles. The molecule has 10 atom stereocenters. The van der Waals surface area contributed by atoms with E-state index >= 15 is 8.78 Å². The number of rotatable bonds is 21. The van der Waals surface area contributed by atoms with Crippen LogP contribution in [-0.2, 0) is 53.0 Å². The molecule has 4 aromatic rings. The van der Waals surface area contributed by atoms with Gasteiger partial charge < -0.3 is 28.9 Å². The van der Waals surface area contributed by atoms with Crippen LogP contribution in [0.3, 0.4) is 0 Å². The van der Waals surface area contributed by atoms with E-state index in [1.165, 1.54) is 6.08 Å². The molecule has 0 bridgehead atoms. The number of benzene rings is 1. The van der Waals surface area contributed by atoms with Gasteiger partial charge in [-0.05, 0) is 30.9 Å². The van der Waals surface area contributed by atoms with Crippen molar-refractivity contribution in [1.82, 2.24) is 29.1 Å². The second-order valence-electron chi connectivity index (χ2n) is 13.6. The maximum Gasteiger partial charge on any atom is 0.475 e. The Hall–Kier alpha value is -4.98. The van der Waals surface area contributed by atoms with E-state index in [1.54, 1.807) is 30.3 Å². The molecular formula is C36H39F2N9O13P2S. The maximum absolute atomic E-state index is 17.0. The van der Waals surface area contributed by atoms with Gasteiger partial charge in [-0.25, -0.2) is 33.1 Å². The number of aromatic amines is 1. The molecule has 0 radical (unpaired) electrons. The van der Waals surface area contributed by atoms with Crippen molar-refractivity contribution in [2.24, 2.45) is 0 Å². The summed E-state index contributed by atoms with van der Waals surface area (Å²) in [6, 6.07) is 12.8. The number of alkyl halides is 2. The van der Waals surface area contributed by atoms with Crippen molar-refractivity contribution in [2.75, 3.05) is 38.4 Å². The fourth-order valence-electron chi connectivity index (χ4n) is 6.33. The number of carbonyl (C=O) groups is 1. The third-order valence-corrected chi connectivity index (χ3v) is 13.2. The number of nitriles is 2. The van der Waals surface area contributed by atoms with Crippen LogP contribution in [0.15, 0.2) is 77.5 Å². The molecule has 5 unspecified atom stereocenters. The van der Waals surface area contributed by atoms with E-state index in [-0.39, 0.29) is 29.8 Å². The Morgan fingerprint density at radius 3 is 2.48 bits per heavy atom. The monoisotopic (exact) mass is 937 g/mol. The summed E-state index contributed by atoms with van der Waals surface area (Å²) in [5.74, 6) is -0.560. The van der Waals surface area contributed by atoms with Crippen molar-refractivity contribution in [2.45, 2.75) is 68.5 Å². The molecule has 22 nitrogen and oxygen atoms in total. The van der Waals surface area contributed by atoms with Gasteiger partial charge in [0.15, 0.2) is 41.3 Å². The number of H-pyrrole nitrogens is 1. The fourth-order valence-corrected chi connectivity index (χ4v) is 9.79. The van der Waals surface area contributed by atoms with Gasteiger partial charge in [-0.3, -0.25) is 41.8 Å². The molecule has 6 rings (SSSR count). The highest BCUT2D eigenvalue weighted by molar-refractivity contribution is 8.07. The first kappa shape index (κ1) is 47.5. The summed E-state index contributed by atoms with van der Waals surface area (Å²) in [6.45, 7) is -2.89. The van der Waals surface area contributed by atoms with E-state index in [2.05, 4.69) is 26.8 Å². The second kappa shape index (κ2) is 20.7. The number of halogens is 2. The van der Waals surface area contributed by atoms with Gasteiger partial charge in [0, 0.05) is 17.8 Å². The van der Waals surface area contributed by atoms with E-state index in [1.807, 2.05) is 17.1 Å². The second-order valence-corrected chi connectivity index (χ2v) is 18.2. The minimum Gasteiger partial charge on any atom is -0.394 e. The zero-order valence-electron chi connectivity index (χ0n) is 33.0. The van der Waals surface area contributed by atoms with Gasteiger partial charge in [-0.2, -0.15) is 10.5 Å². The van der Waals surface area contributed by atoms with Crippen molar-refractivity contribution >= 4 is 49.2 Å². The van der Waals surface area contributed by atoms with Crippen LogP contribution < -0.4 is 16.6 Å². The van der Waals surface area contributed by atoms with Gasteiger partial charge in [0.2, 0.25) is 0 Å². The summed E-state index contributed by atoms with van der Waals surface area (Å²) in [5.41, 5.74) is -4.13. The van der Waals surface area contributed by atoms with Gasteiger partial charge in [-0.1, -0.05) is 24.3 Å². The third-order valence-electron chi connectivity index (χ3n) is 9.37. The molecule has 0 saturated carbocycles. The van der Waals surface area contributed by atoms with Crippen LogP contribution in [0, 0.1) is 22.7 Å². The van der Waals surface area contributed by atoms with Crippen LogP contribution in [0.2, 0.25) is 0 Å². The molecule has 2 aliphatic heterocycles. The van der Waals surface area contributed by atoms with E-state index < -0.39 is 113 Å². The van der Waals surface area contributed by atoms with Gasteiger partial charge in [-0.15, -0.1) is 6.58 Å². The Labute approximate surface area is 361 Å². The number of nitrogens with one attached hydrogen (secondary N) is 2. The average Bonchev–Trinajstić information content (AvgIpc) is 3.90. The number of imidazole rings is 1. The minimum absolute atomic E-state index is 0.0229. The van der Waals surface area contributed by atoms with Crippen LogP contribution in [0.1, 0.15) is 42.6 Å². The highest BCUT2D eigenvalue weighted by Gasteiger charge is 2.59. The van der Waals surface area contributed by atoms with Crippen molar-refractivity contribution in [3.05, 3.63) is 94.3 Å². The van der Waals surface area contributed by atoms with Gasteiger partial charge in [0.1, 0.15) is 30.7 Å². The molecule has 5 heterocycles. The number of aliphatic hydroxyl groups excluding tert-OH is 1. The van der Waals surface area contributed by atoms with Crippen molar-refractivity contribution in [1.29, 1.82) is 10.5 Å². The van der Waals surface area contributed by atoms with Crippen molar-refractivity contribution in [3.63, 3.8) is 0 Å². The molecule has 2 fully saturated rings. The largest absolute Gasteiger partial charge is 0.475 e. The summed E-state index contributed by atoms with van der Waals surface area (Å²) in [6.07, 6.45) is -8.79. The molecule has 63 heavy (non-hydrogen) atoms. The van der Waals surface area contributed by atoms with E-state index in [0.717, 1.165) is 41.0 Å². The Kier molecular flexibility index (Phi) is 15.6. The quantitative estimate of drug-likeness (QED) is 0.0610. The summed E-state index contributed by atoms with van der Waals surface area (Å²) >= 11 is 5.69. The number of aliphatic hydroxyl groups is 1. The van der Waals surface area contributed by atoms with Gasteiger partial charge in [0.25, 0.3) is 11.5 Å². The first-order chi connectivity index (χ1) is 30.2. The number of carbonyl (C=O) groups excluding carboxylic acids is 1. The van der Waals surface area contributed by atoms with Crippen LogP contribution >= 0.6 is 14.5 Å². The molecule has 1 amide bonds. The predicted molar refractivity (Wildman–Crippen MR) is 216 cm³/mol. The molecule has 2 saturated heterocycles. The summed E-state index contributed by atoms with van der Waals surface area (Å²) in [7, 11) is -4.74. The molecule has 3 aromatic heterocycles. The SMILES string of the molecule is C=CCOP(=O)(OCCC#N)OC1C(F)[C@H](n2cnc3c(NC(=O)c4ccccc4)ncnc32)O[C@@H]1COP(=S)(OCCC#N)OC1[C@H](n2ccc(=O)[nH]c2=O)O[C@H](CO)[C@@]1(C)F. The number of ether oxygens (including phenoxy) is 2. The number of fused-ring (bicyclic) bond motifs is 1. The van der Waals surface area contributed by atoms with E-state index in [4.69, 9.17) is 53.7 Å². The lowest BCUT2D eigenvalue weighted by atomic mass is 9.97. The Morgan fingerprint density at radius 1 is 1.06 bits per heavy atom. The number of hydrogen-bond donors (Lipinski definition) is 3. The molecule has 0 spiro atoms. The predicted octanol–water partition coefficient (Wildman–Crippen LogP) is 3.66. The maximum atomic E-state index is 17.0. The van der Waals surface area contributed by atoms with Crippen LogP contribution in [0.25, 0.3) is 11.2 Å². The molecule has 2 aliphatic rings. The number of nitrogens with zero attached hydrogens (tertiary/aromatic N) is 7. The highest BCUT2D eigenvalue weighted by Crippen LogP contribution is 2.58. The highest BCUT2D eigenvalue weighted by atomic mass is 32.5. The summed E-state index contributed by atoms with van der Waals surface area (Å²) in [4.78, 5) is 52.3. The minimum atomic E-state index is -4.74. The number of aromatic nitrogens is 6.